The van der Waals surface area contributed by atoms with Gasteiger partial charge in [-0.15, -0.1) is 0 Å². The fourth-order valence-electron chi connectivity index (χ4n) is 3.41. The first-order chi connectivity index (χ1) is 9.97. The predicted molar refractivity (Wildman–Crippen MR) is 86.5 cm³/mol. The molecule has 0 aromatic carbocycles. The Labute approximate surface area is 127 Å². The van der Waals surface area contributed by atoms with Crippen LogP contribution in [0, 0.1) is 0 Å². The highest BCUT2D eigenvalue weighted by atomic mass is 15.2. The number of rotatable bonds is 2. The van der Waals surface area contributed by atoms with Crippen molar-refractivity contribution in [3.05, 3.63) is 24.2 Å². The minimum Gasteiger partial charge on any atom is -0.307 e. The second kappa shape index (κ2) is 5.41. The topological polar surface area (TPSA) is 34.0 Å². The van der Waals surface area contributed by atoms with Crippen LogP contribution in [0.25, 0.3) is 11.2 Å². The van der Waals surface area contributed by atoms with Crippen molar-refractivity contribution in [3.63, 3.8) is 0 Å². The molecular weight excluding hydrogens is 260 g/mol. The number of hydrogen-bond donors (Lipinski definition) is 0. The summed E-state index contributed by atoms with van der Waals surface area (Å²) in [5.41, 5.74) is 2.03. The number of aromatic nitrogens is 3. The van der Waals surface area contributed by atoms with Crippen LogP contribution in [0.2, 0.25) is 0 Å². The van der Waals surface area contributed by atoms with Crippen molar-refractivity contribution >= 4 is 11.2 Å². The normalized spacial score (nSPS) is 21.0. The van der Waals surface area contributed by atoms with Crippen LogP contribution in [0.4, 0.5) is 0 Å². The molecule has 1 unspecified atom stereocenters. The fraction of sp³-hybridized carbons (Fsp3) is 0.647. The monoisotopic (exact) mass is 286 g/mol. The molecule has 1 fully saturated rings. The van der Waals surface area contributed by atoms with Gasteiger partial charge in [-0.05, 0) is 59.3 Å². The zero-order chi connectivity index (χ0) is 15.0. The first-order valence-corrected chi connectivity index (χ1v) is 8.00. The van der Waals surface area contributed by atoms with Crippen LogP contribution in [0.3, 0.4) is 0 Å². The van der Waals surface area contributed by atoms with Crippen molar-refractivity contribution in [2.75, 3.05) is 13.6 Å². The van der Waals surface area contributed by atoms with Crippen LogP contribution in [0.1, 0.15) is 45.9 Å². The summed E-state index contributed by atoms with van der Waals surface area (Å²) in [6.07, 6.45) is 6.82. The zero-order valence-electron chi connectivity index (χ0n) is 13.6. The molecule has 0 radical (unpaired) electrons. The molecule has 3 rings (SSSR count). The lowest BCUT2D eigenvalue weighted by atomic mass is 9.99. The predicted octanol–water partition coefficient (Wildman–Crippen LogP) is 3.21. The molecule has 1 aliphatic rings. The van der Waals surface area contributed by atoms with E-state index in [0.29, 0.717) is 6.04 Å². The molecule has 0 amide bonds. The lowest BCUT2D eigenvalue weighted by Crippen LogP contribution is -2.39. The molecule has 4 heteroatoms. The van der Waals surface area contributed by atoms with Crippen molar-refractivity contribution < 1.29 is 0 Å². The van der Waals surface area contributed by atoms with Crippen LogP contribution >= 0.6 is 0 Å². The van der Waals surface area contributed by atoms with Crippen LogP contribution in [-0.4, -0.2) is 39.1 Å². The molecular formula is C17H26N4. The maximum atomic E-state index is 4.88. The van der Waals surface area contributed by atoms with Gasteiger partial charge in [0.05, 0.1) is 0 Å². The minimum atomic E-state index is 0.00563. The molecule has 1 atom stereocenters. The highest BCUT2D eigenvalue weighted by Gasteiger charge is 2.26. The van der Waals surface area contributed by atoms with E-state index in [2.05, 4.69) is 48.3 Å². The Morgan fingerprint density at radius 1 is 1.29 bits per heavy atom. The lowest BCUT2D eigenvalue weighted by Gasteiger charge is -2.33. The Bertz CT molecular complexity index is 623. The van der Waals surface area contributed by atoms with E-state index in [1.54, 1.807) is 0 Å². The van der Waals surface area contributed by atoms with Gasteiger partial charge < -0.3 is 9.47 Å². The highest BCUT2D eigenvalue weighted by molar-refractivity contribution is 5.71. The summed E-state index contributed by atoms with van der Waals surface area (Å²) in [5.74, 6) is 1.18. The number of piperidine rings is 1. The lowest BCUT2D eigenvalue weighted by molar-refractivity contribution is 0.180. The molecule has 0 N–H and O–H groups in total. The van der Waals surface area contributed by atoms with Gasteiger partial charge in [-0.3, -0.25) is 0 Å². The summed E-state index contributed by atoms with van der Waals surface area (Å²) < 4.78 is 2.32. The molecule has 2 aromatic heterocycles. The molecule has 21 heavy (non-hydrogen) atoms. The third-order valence-corrected chi connectivity index (χ3v) is 4.50. The van der Waals surface area contributed by atoms with Crippen molar-refractivity contribution in [3.8, 4) is 0 Å². The van der Waals surface area contributed by atoms with E-state index < -0.39 is 0 Å². The van der Waals surface area contributed by atoms with E-state index in [-0.39, 0.29) is 5.54 Å². The standard InChI is InChI=1S/C17H26N4/c1-17(2,3)21-15(12-13-8-5-6-11-20(13)4)19-14-9-7-10-18-16(14)21/h7,9-10,13H,5-6,8,11-12H2,1-4H3. The molecule has 0 bridgehead atoms. The molecule has 114 valence electrons. The largest absolute Gasteiger partial charge is 0.307 e. The summed E-state index contributed by atoms with van der Waals surface area (Å²) in [5, 5.41) is 0. The maximum Gasteiger partial charge on any atom is 0.160 e. The van der Waals surface area contributed by atoms with Crippen LogP contribution in [0.5, 0.6) is 0 Å². The van der Waals surface area contributed by atoms with Gasteiger partial charge in [-0.2, -0.15) is 0 Å². The van der Waals surface area contributed by atoms with Gasteiger partial charge in [0.15, 0.2) is 5.65 Å². The molecule has 1 aliphatic heterocycles. The van der Waals surface area contributed by atoms with Crippen molar-refractivity contribution in [1.29, 1.82) is 0 Å². The quantitative estimate of drug-likeness (QED) is 0.850. The van der Waals surface area contributed by atoms with Gasteiger partial charge in [0.1, 0.15) is 11.3 Å². The first-order valence-electron chi connectivity index (χ1n) is 8.00. The van der Waals surface area contributed by atoms with Gasteiger partial charge in [-0.1, -0.05) is 6.42 Å². The Balaban J connectivity index is 2.01. The molecule has 3 heterocycles. The SMILES string of the molecule is CN1CCCCC1Cc1nc2cccnc2n1C(C)(C)C. The second-order valence-electron chi connectivity index (χ2n) is 7.21. The van der Waals surface area contributed by atoms with Crippen LogP contribution in [0.15, 0.2) is 18.3 Å². The summed E-state index contributed by atoms with van der Waals surface area (Å²) in [6.45, 7) is 7.91. The van der Waals surface area contributed by atoms with E-state index in [9.17, 15) is 0 Å². The van der Waals surface area contributed by atoms with E-state index in [4.69, 9.17) is 4.98 Å². The van der Waals surface area contributed by atoms with Crippen molar-refractivity contribution in [1.82, 2.24) is 19.4 Å². The average molecular weight is 286 g/mol. The summed E-state index contributed by atoms with van der Waals surface area (Å²) in [4.78, 5) is 11.9. The van der Waals surface area contributed by atoms with Gasteiger partial charge in [0, 0.05) is 24.2 Å². The second-order valence-corrected chi connectivity index (χ2v) is 7.21. The number of likely N-dealkylation sites (tertiary alicyclic amines) is 1. The van der Waals surface area contributed by atoms with Crippen molar-refractivity contribution in [2.45, 2.75) is 58.0 Å². The summed E-state index contributed by atoms with van der Waals surface area (Å²) in [7, 11) is 2.24. The minimum absolute atomic E-state index is 0.00563. The molecule has 0 saturated carbocycles. The number of hydrogen-bond acceptors (Lipinski definition) is 3. The molecule has 0 aliphatic carbocycles. The highest BCUT2D eigenvalue weighted by Crippen LogP contribution is 2.26. The molecule has 4 nitrogen and oxygen atoms in total. The Hall–Kier alpha value is -1.42. The van der Waals surface area contributed by atoms with E-state index in [1.165, 1.54) is 31.6 Å². The van der Waals surface area contributed by atoms with E-state index >= 15 is 0 Å². The van der Waals surface area contributed by atoms with Gasteiger partial charge in [0.2, 0.25) is 0 Å². The van der Waals surface area contributed by atoms with E-state index in [1.807, 2.05) is 12.3 Å². The average Bonchev–Trinajstić information content (AvgIpc) is 2.79. The Morgan fingerprint density at radius 3 is 2.81 bits per heavy atom. The number of pyridine rings is 1. The number of nitrogens with zero attached hydrogens (tertiary/aromatic N) is 4. The van der Waals surface area contributed by atoms with Crippen molar-refractivity contribution in [2.24, 2.45) is 0 Å². The van der Waals surface area contributed by atoms with E-state index in [0.717, 1.165) is 17.6 Å². The summed E-state index contributed by atoms with van der Waals surface area (Å²) in [6, 6.07) is 4.65. The first kappa shape index (κ1) is 14.5. The maximum absolute atomic E-state index is 4.88. The van der Waals surface area contributed by atoms with Gasteiger partial charge >= 0.3 is 0 Å². The smallest absolute Gasteiger partial charge is 0.160 e. The molecule has 1 saturated heterocycles. The zero-order valence-corrected chi connectivity index (χ0v) is 13.6. The number of imidazole rings is 1. The third kappa shape index (κ3) is 2.82. The fourth-order valence-corrected chi connectivity index (χ4v) is 3.41. The summed E-state index contributed by atoms with van der Waals surface area (Å²) >= 11 is 0. The third-order valence-electron chi connectivity index (χ3n) is 4.50. The molecule has 0 spiro atoms. The van der Waals surface area contributed by atoms with Crippen LogP contribution in [-0.2, 0) is 12.0 Å². The van der Waals surface area contributed by atoms with Crippen LogP contribution < -0.4 is 0 Å². The van der Waals surface area contributed by atoms with Gasteiger partial charge in [-0.25, -0.2) is 9.97 Å². The Kier molecular flexibility index (Phi) is 3.74. The number of fused-ring (bicyclic) bond motifs is 1. The number of likely N-dealkylation sites (N-methyl/N-ethyl adjacent to an activating group) is 1. The Morgan fingerprint density at radius 2 is 2.10 bits per heavy atom. The molecule has 2 aromatic rings. The van der Waals surface area contributed by atoms with Gasteiger partial charge in [0.25, 0.3) is 0 Å².